The van der Waals surface area contributed by atoms with Gasteiger partial charge in [-0.15, -0.1) is 0 Å². The Hall–Kier alpha value is -1.69. The summed E-state index contributed by atoms with van der Waals surface area (Å²) in [4.78, 5) is 0.303. The summed E-state index contributed by atoms with van der Waals surface area (Å²) in [5, 5.41) is 3.25. The monoisotopic (exact) mass is 318 g/mol. The molecule has 0 heterocycles. The summed E-state index contributed by atoms with van der Waals surface area (Å²) in [6.07, 6.45) is 0. The zero-order chi connectivity index (χ0) is 16.0. The standard InChI is InChI=1S/C17H22N2O2S/c1-14-7-9-17(10-8-14)22(20,21)19-12-11-18-13-16-6-4-3-5-15(16)2/h3-10,18-19H,11-13H2,1-2H3. The maximum atomic E-state index is 12.1. The van der Waals surface area contributed by atoms with Gasteiger partial charge in [-0.25, -0.2) is 13.1 Å². The minimum Gasteiger partial charge on any atom is -0.311 e. The van der Waals surface area contributed by atoms with Gasteiger partial charge in [-0.05, 0) is 37.1 Å². The van der Waals surface area contributed by atoms with E-state index in [2.05, 4.69) is 29.1 Å². The highest BCUT2D eigenvalue weighted by Crippen LogP contribution is 2.09. The van der Waals surface area contributed by atoms with Crippen LogP contribution in [0.15, 0.2) is 53.4 Å². The van der Waals surface area contributed by atoms with Crippen molar-refractivity contribution in [3.63, 3.8) is 0 Å². The van der Waals surface area contributed by atoms with Crippen molar-refractivity contribution in [1.82, 2.24) is 10.0 Å². The smallest absolute Gasteiger partial charge is 0.240 e. The molecule has 0 fully saturated rings. The first-order valence-corrected chi connectivity index (χ1v) is 8.79. The van der Waals surface area contributed by atoms with Gasteiger partial charge in [0.15, 0.2) is 0 Å². The molecule has 0 amide bonds. The van der Waals surface area contributed by atoms with Gasteiger partial charge in [-0.2, -0.15) is 0 Å². The van der Waals surface area contributed by atoms with Crippen molar-refractivity contribution in [2.45, 2.75) is 25.3 Å². The maximum Gasteiger partial charge on any atom is 0.240 e. The van der Waals surface area contributed by atoms with Gasteiger partial charge in [0.25, 0.3) is 0 Å². The van der Waals surface area contributed by atoms with E-state index in [9.17, 15) is 8.42 Å². The molecule has 118 valence electrons. The van der Waals surface area contributed by atoms with Crippen molar-refractivity contribution in [2.75, 3.05) is 13.1 Å². The Kier molecular flexibility index (Phi) is 5.71. The van der Waals surface area contributed by atoms with Crippen LogP contribution >= 0.6 is 0 Å². The second-order valence-electron chi connectivity index (χ2n) is 5.31. The lowest BCUT2D eigenvalue weighted by Gasteiger charge is -2.09. The molecule has 2 N–H and O–H groups in total. The quantitative estimate of drug-likeness (QED) is 0.771. The highest BCUT2D eigenvalue weighted by atomic mass is 32.2. The van der Waals surface area contributed by atoms with E-state index in [0.29, 0.717) is 18.0 Å². The lowest BCUT2D eigenvalue weighted by Crippen LogP contribution is -2.31. The highest BCUT2D eigenvalue weighted by Gasteiger charge is 2.12. The number of aryl methyl sites for hydroxylation is 2. The lowest BCUT2D eigenvalue weighted by molar-refractivity contribution is 0.575. The molecule has 0 saturated carbocycles. The highest BCUT2D eigenvalue weighted by molar-refractivity contribution is 7.89. The molecule has 4 nitrogen and oxygen atoms in total. The summed E-state index contributed by atoms with van der Waals surface area (Å²) in [6.45, 7) is 5.68. The van der Waals surface area contributed by atoms with Gasteiger partial charge in [0.1, 0.15) is 0 Å². The maximum absolute atomic E-state index is 12.1. The fourth-order valence-corrected chi connectivity index (χ4v) is 3.14. The van der Waals surface area contributed by atoms with Gasteiger partial charge in [-0.1, -0.05) is 42.0 Å². The van der Waals surface area contributed by atoms with Crippen molar-refractivity contribution in [2.24, 2.45) is 0 Å². The van der Waals surface area contributed by atoms with E-state index in [1.54, 1.807) is 24.3 Å². The summed E-state index contributed by atoms with van der Waals surface area (Å²) >= 11 is 0. The average molecular weight is 318 g/mol. The molecule has 0 aliphatic carbocycles. The fraction of sp³-hybridized carbons (Fsp3) is 0.294. The van der Waals surface area contributed by atoms with Gasteiger partial charge in [0.05, 0.1) is 4.90 Å². The van der Waals surface area contributed by atoms with Crippen molar-refractivity contribution >= 4 is 10.0 Å². The molecule has 0 bridgehead atoms. The third-order valence-electron chi connectivity index (χ3n) is 3.50. The Bertz CT molecular complexity index is 710. The summed E-state index contributed by atoms with van der Waals surface area (Å²) in [5.41, 5.74) is 3.50. The first kappa shape index (κ1) is 16.7. The number of benzene rings is 2. The van der Waals surface area contributed by atoms with E-state index < -0.39 is 10.0 Å². The molecule has 2 aromatic rings. The van der Waals surface area contributed by atoms with E-state index in [0.717, 1.165) is 12.1 Å². The zero-order valence-electron chi connectivity index (χ0n) is 13.0. The summed E-state index contributed by atoms with van der Waals surface area (Å²) in [7, 11) is -3.42. The molecule has 2 aromatic carbocycles. The molecular formula is C17H22N2O2S. The van der Waals surface area contributed by atoms with E-state index in [1.807, 2.05) is 19.1 Å². The molecule has 0 atom stereocenters. The van der Waals surface area contributed by atoms with Crippen LogP contribution < -0.4 is 10.0 Å². The van der Waals surface area contributed by atoms with Gasteiger partial charge in [-0.3, -0.25) is 0 Å². The molecule has 0 aromatic heterocycles. The second-order valence-corrected chi connectivity index (χ2v) is 7.08. The molecular weight excluding hydrogens is 296 g/mol. The number of rotatable bonds is 7. The van der Waals surface area contributed by atoms with Crippen LogP contribution in [-0.2, 0) is 16.6 Å². The van der Waals surface area contributed by atoms with Crippen molar-refractivity contribution in [3.8, 4) is 0 Å². The van der Waals surface area contributed by atoms with E-state index >= 15 is 0 Å². The summed E-state index contributed by atoms with van der Waals surface area (Å²) in [5.74, 6) is 0. The summed E-state index contributed by atoms with van der Waals surface area (Å²) < 4.78 is 26.8. The average Bonchev–Trinajstić information content (AvgIpc) is 2.49. The van der Waals surface area contributed by atoms with Crippen LogP contribution in [0.1, 0.15) is 16.7 Å². The van der Waals surface area contributed by atoms with Crippen molar-refractivity contribution in [1.29, 1.82) is 0 Å². The first-order valence-electron chi connectivity index (χ1n) is 7.30. The molecule has 2 rings (SSSR count). The summed E-state index contributed by atoms with van der Waals surface area (Å²) in [6, 6.07) is 15.0. The van der Waals surface area contributed by atoms with Gasteiger partial charge >= 0.3 is 0 Å². The van der Waals surface area contributed by atoms with Crippen molar-refractivity contribution < 1.29 is 8.42 Å². The Morgan fingerprint density at radius 2 is 1.59 bits per heavy atom. The predicted octanol–water partition coefficient (Wildman–Crippen LogP) is 2.37. The predicted molar refractivity (Wildman–Crippen MR) is 89.3 cm³/mol. The number of sulfonamides is 1. The zero-order valence-corrected chi connectivity index (χ0v) is 13.8. The largest absolute Gasteiger partial charge is 0.311 e. The number of hydrogen-bond acceptors (Lipinski definition) is 3. The van der Waals surface area contributed by atoms with Crippen LogP contribution in [0.5, 0.6) is 0 Å². The van der Waals surface area contributed by atoms with Crippen LogP contribution in [0.3, 0.4) is 0 Å². The van der Waals surface area contributed by atoms with E-state index in [1.165, 1.54) is 11.1 Å². The molecule has 0 aliphatic rings. The van der Waals surface area contributed by atoms with Crippen LogP contribution in [0, 0.1) is 13.8 Å². The van der Waals surface area contributed by atoms with Crippen LogP contribution in [0.4, 0.5) is 0 Å². The van der Waals surface area contributed by atoms with Crippen LogP contribution in [-0.4, -0.2) is 21.5 Å². The molecule has 0 aliphatic heterocycles. The Morgan fingerprint density at radius 3 is 2.27 bits per heavy atom. The lowest BCUT2D eigenvalue weighted by atomic mass is 10.1. The van der Waals surface area contributed by atoms with E-state index in [-0.39, 0.29) is 0 Å². The topological polar surface area (TPSA) is 58.2 Å². The third-order valence-corrected chi connectivity index (χ3v) is 4.98. The molecule has 0 spiro atoms. The molecule has 0 saturated heterocycles. The Labute approximate surface area is 132 Å². The Balaban J connectivity index is 1.79. The first-order chi connectivity index (χ1) is 10.5. The normalized spacial score (nSPS) is 11.5. The number of hydrogen-bond donors (Lipinski definition) is 2. The second kappa shape index (κ2) is 7.54. The van der Waals surface area contributed by atoms with Gasteiger partial charge in [0.2, 0.25) is 10.0 Å². The minimum absolute atomic E-state index is 0.303. The Morgan fingerprint density at radius 1 is 0.909 bits per heavy atom. The SMILES string of the molecule is Cc1ccc(S(=O)(=O)NCCNCc2ccccc2C)cc1. The molecule has 5 heteroatoms. The van der Waals surface area contributed by atoms with Crippen LogP contribution in [0.25, 0.3) is 0 Å². The van der Waals surface area contributed by atoms with Gasteiger partial charge < -0.3 is 5.32 Å². The molecule has 22 heavy (non-hydrogen) atoms. The van der Waals surface area contributed by atoms with E-state index in [4.69, 9.17) is 0 Å². The molecule has 0 radical (unpaired) electrons. The fourth-order valence-electron chi connectivity index (χ4n) is 2.11. The number of nitrogens with one attached hydrogen (secondary N) is 2. The van der Waals surface area contributed by atoms with Gasteiger partial charge in [0, 0.05) is 19.6 Å². The van der Waals surface area contributed by atoms with Crippen LogP contribution in [0.2, 0.25) is 0 Å². The van der Waals surface area contributed by atoms with Crippen molar-refractivity contribution in [3.05, 3.63) is 65.2 Å². The minimum atomic E-state index is -3.42. The molecule has 0 unspecified atom stereocenters. The third kappa shape index (κ3) is 4.66.